The van der Waals surface area contributed by atoms with Crippen molar-refractivity contribution in [3.63, 3.8) is 0 Å². The Bertz CT molecular complexity index is 554. The van der Waals surface area contributed by atoms with E-state index < -0.39 is 5.82 Å². The minimum atomic E-state index is -0.509. The predicted molar refractivity (Wildman–Crippen MR) is 92.3 cm³/mol. The van der Waals surface area contributed by atoms with Gasteiger partial charge in [0.2, 0.25) is 0 Å². The average molecular weight is 391 g/mol. The number of carbonyl (C=O) groups excluding carboxylic acids is 1. The summed E-state index contributed by atoms with van der Waals surface area (Å²) in [6, 6.07) is 4.53. The fourth-order valence-corrected chi connectivity index (χ4v) is 4.24. The first-order valence-corrected chi connectivity index (χ1v) is 8.92. The molecule has 21 heavy (non-hydrogen) atoms. The van der Waals surface area contributed by atoms with Crippen LogP contribution in [0.5, 0.6) is 0 Å². The number of halogens is 2. The molecule has 0 saturated carbocycles. The highest BCUT2D eigenvalue weighted by Crippen LogP contribution is 2.35. The van der Waals surface area contributed by atoms with Crippen LogP contribution >= 0.6 is 39.9 Å². The molecule has 0 aromatic heterocycles. The van der Waals surface area contributed by atoms with E-state index in [1.807, 2.05) is 6.26 Å². The van der Waals surface area contributed by atoms with Crippen LogP contribution in [-0.4, -0.2) is 39.9 Å². The van der Waals surface area contributed by atoms with Crippen LogP contribution in [-0.2, 0) is 0 Å². The van der Waals surface area contributed by atoms with Crippen molar-refractivity contribution in [2.45, 2.75) is 17.6 Å². The lowest BCUT2D eigenvalue weighted by atomic mass is 9.95. The molecule has 7 heteroatoms. The fourth-order valence-electron chi connectivity index (χ4n) is 2.48. The van der Waals surface area contributed by atoms with E-state index in [0.29, 0.717) is 35.4 Å². The Hall–Kier alpha value is -0.660. The molecule has 3 nitrogen and oxygen atoms in total. The Morgan fingerprint density at radius 1 is 1.48 bits per heavy atom. The summed E-state index contributed by atoms with van der Waals surface area (Å²) in [7, 11) is 0. The van der Waals surface area contributed by atoms with Crippen LogP contribution in [0, 0.1) is 5.82 Å². The number of benzene rings is 1. The van der Waals surface area contributed by atoms with Crippen molar-refractivity contribution < 1.29 is 9.18 Å². The molecular weight excluding hydrogens is 375 g/mol. The maximum Gasteiger partial charge on any atom is 0.257 e. The van der Waals surface area contributed by atoms with Crippen molar-refractivity contribution in [2.75, 3.05) is 19.3 Å². The third-order valence-electron chi connectivity index (χ3n) is 3.87. The Morgan fingerprint density at radius 3 is 2.57 bits per heavy atom. The Morgan fingerprint density at radius 2 is 2.10 bits per heavy atom. The van der Waals surface area contributed by atoms with Crippen LogP contribution < -0.4 is 5.73 Å². The van der Waals surface area contributed by atoms with Crippen molar-refractivity contribution >= 4 is 50.8 Å². The third-order valence-corrected chi connectivity index (χ3v) is 6.47. The summed E-state index contributed by atoms with van der Waals surface area (Å²) >= 11 is 10.0. The van der Waals surface area contributed by atoms with Crippen LogP contribution in [0.15, 0.2) is 22.7 Å². The van der Waals surface area contributed by atoms with Crippen LogP contribution in [0.3, 0.4) is 0 Å². The summed E-state index contributed by atoms with van der Waals surface area (Å²) in [5.41, 5.74) is 5.92. The number of piperidine rings is 1. The molecule has 1 saturated heterocycles. The normalized spacial score (nSPS) is 17.6. The molecule has 1 fully saturated rings. The molecule has 2 N–H and O–H groups in total. The number of rotatable bonds is 3. The summed E-state index contributed by atoms with van der Waals surface area (Å²) in [4.78, 5) is 14.6. The van der Waals surface area contributed by atoms with Crippen molar-refractivity contribution in [3.8, 4) is 0 Å². The fraction of sp³-hybridized carbons (Fsp3) is 0.429. The summed E-state index contributed by atoms with van der Waals surface area (Å²) < 4.78 is 14.1. The molecule has 0 atom stereocenters. The number of hydrogen-bond acceptors (Lipinski definition) is 3. The van der Waals surface area contributed by atoms with Gasteiger partial charge in [-0.3, -0.25) is 4.79 Å². The number of nitrogens with zero attached hydrogens (tertiary/aromatic N) is 1. The molecule has 0 unspecified atom stereocenters. The van der Waals surface area contributed by atoms with Gasteiger partial charge in [-0.2, -0.15) is 11.8 Å². The second-order valence-electron chi connectivity index (χ2n) is 4.95. The molecule has 1 amide bonds. The maximum absolute atomic E-state index is 13.9. The SMILES string of the molecule is CSC1(C(N)=S)CCN(C(=O)c2c(F)cccc2Br)CC1. The lowest BCUT2D eigenvalue weighted by Gasteiger charge is -2.40. The first-order valence-electron chi connectivity index (χ1n) is 6.49. The minimum Gasteiger partial charge on any atom is -0.392 e. The predicted octanol–water partition coefficient (Wildman–Crippen LogP) is 3.21. The molecule has 0 aliphatic carbocycles. The number of thiocarbonyl (C=S) groups is 1. The average Bonchev–Trinajstić information content (AvgIpc) is 2.46. The van der Waals surface area contributed by atoms with Crippen molar-refractivity contribution in [1.29, 1.82) is 0 Å². The van der Waals surface area contributed by atoms with Gasteiger partial charge in [-0.15, -0.1) is 0 Å². The Kier molecular flexibility index (Phi) is 5.27. The largest absolute Gasteiger partial charge is 0.392 e. The first kappa shape index (κ1) is 16.7. The van der Waals surface area contributed by atoms with Gasteiger partial charge in [-0.1, -0.05) is 18.3 Å². The van der Waals surface area contributed by atoms with E-state index in [2.05, 4.69) is 15.9 Å². The van der Waals surface area contributed by atoms with Crippen molar-refractivity contribution in [3.05, 3.63) is 34.1 Å². The van der Waals surface area contributed by atoms with Gasteiger partial charge in [-0.25, -0.2) is 4.39 Å². The zero-order valence-corrected chi connectivity index (χ0v) is 14.8. The zero-order chi connectivity index (χ0) is 15.6. The Balaban J connectivity index is 2.16. The molecule has 1 aliphatic rings. The molecule has 0 radical (unpaired) electrons. The van der Waals surface area contributed by atoms with Gasteiger partial charge in [-0.05, 0) is 47.2 Å². The van der Waals surface area contributed by atoms with Gasteiger partial charge in [0, 0.05) is 17.6 Å². The Labute approximate surface area is 141 Å². The number of amides is 1. The quantitative estimate of drug-likeness (QED) is 0.804. The molecule has 0 bridgehead atoms. The maximum atomic E-state index is 13.9. The molecule has 1 aliphatic heterocycles. The lowest BCUT2D eigenvalue weighted by molar-refractivity contribution is 0.0713. The molecule has 114 valence electrons. The summed E-state index contributed by atoms with van der Waals surface area (Å²) in [6.07, 6.45) is 3.37. The van der Waals surface area contributed by atoms with Gasteiger partial charge in [0.15, 0.2) is 0 Å². The standard InChI is InChI=1S/C14H16BrFN2OS2/c1-21-14(13(17)20)5-7-18(8-6-14)12(19)11-9(15)3-2-4-10(11)16/h2-4H,5-8H2,1H3,(H2,17,20). The third kappa shape index (κ3) is 3.24. The van der Waals surface area contributed by atoms with Gasteiger partial charge < -0.3 is 10.6 Å². The van der Waals surface area contributed by atoms with E-state index in [0.717, 1.165) is 0 Å². The first-order chi connectivity index (χ1) is 9.91. The topological polar surface area (TPSA) is 46.3 Å². The van der Waals surface area contributed by atoms with Crippen molar-refractivity contribution in [1.82, 2.24) is 4.90 Å². The monoisotopic (exact) mass is 390 g/mol. The van der Waals surface area contributed by atoms with Crippen LogP contribution in [0.4, 0.5) is 4.39 Å². The summed E-state index contributed by atoms with van der Waals surface area (Å²) in [5, 5.41) is 0. The molecule has 1 aromatic carbocycles. The number of likely N-dealkylation sites (tertiary alicyclic amines) is 1. The van der Waals surface area contributed by atoms with Crippen molar-refractivity contribution in [2.24, 2.45) is 5.73 Å². The molecule has 2 rings (SSSR count). The molecular formula is C14H16BrFN2OS2. The van der Waals surface area contributed by atoms with Gasteiger partial charge >= 0.3 is 0 Å². The summed E-state index contributed by atoms with van der Waals surface area (Å²) in [5.74, 6) is -0.803. The summed E-state index contributed by atoms with van der Waals surface area (Å²) in [6.45, 7) is 1.05. The smallest absolute Gasteiger partial charge is 0.257 e. The lowest BCUT2D eigenvalue weighted by Crippen LogP contribution is -2.50. The second-order valence-corrected chi connectivity index (χ2v) is 7.44. The number of carbonyl (C=O) groups is 1. The highest BCUT2D eigenvalue weighted by molar-refractivity contribution is 9.10. The van der Waals surface area contributed by atoms with Gasteiger partial charge in [0.05, 0.1) is 15.3 Å². The number of nitrogens with two attached hydrogens (primary N) is 1. The molecule has 1 heterocycles. The van der Waals surface area contributed by atoms with E-state index in [1.54, 1.807) is 28.8 Å². The molecule has 1 aromatic rings. The van der Waals surface area contributed by atoms with E-state index in [4.69, 9.17) is 18.0 Å². The van der Waals surface area contributed by atoms with E-state index in [9.17, 15) is 9.18 Å². The minimum absolute atomic E-state index is 0.0875. The van der Waals surface area contributed by atoms with Gasteiger partial charge in [0.1, 0.15) is 5.82 Å². The number of hydrogen-bond donors (Lipinski definition) is 1. The van der Waals surface area contributed by atoms with E-state index in [-0.39, 0.29) is 16.2 Å². The van der Waals surface area contributed by atoms with Crippen LogP contribution in [0.2, 0.25) is 0 Å². The number of thioether (sulfide) groups is 1. The molecule has 0 spiro atoms. The van der Waals surface area contributed by atoms with Crippen LogP contribution in [0.25, 0.3) is 0 Å². The highest BCUT2D eigenvalue weighted by Gasteiger charge is 2.38. The van der Waals surface area contributed by atoms with Gasteiger partial charge in [0.25, 0.3) is 5.91 Å². The van der Waals surface area contributed by atoms with E-state index >= 15 is 0 Å². The second kappa shape index (κ2) is 6.62. The van der Waals surface area contributed by atoms with E-state index in [1.165, 1.54) is 6.07 Å². The van der Waals surface area contributed by atoms with Crippen LogP contribution in [0.1, 0.15) is 23.2 Å². The highest BCUT2D eigenvalue weighted by atomic mass is 79.9. The zero-order valence-electron chi connectivity index (χ0n) is 11.6.